The molecule has 3 nitrogen and oxygen atoms in total. The minimum atomic E-state index is -1.72. The Morgan fingerprint density at radius 3 is 2.45 bits per heavy atom. The molecule has 2 rings (SSSR count). The maximum atomic E-state index is 13.1. The smallest absolute Gasteiger partial charge is 0.488 e. The van der Waals surface area contributed by atoms with E-state index in [1.165, 1.54) is 12.1 Å². The van der Waals surface area contributed by atoms with Gasteiger partial charge in [-0.3, -0.25) is 0 Å². The van der Waals surface area contributed by atoms with Crippen LogP contribution in [0.1, 0.15) is 5.56 Å². The van der Waals surface area contributed by atoms with Crippen LogP contribution >= 0.6 is 11.8 Å². The minimum Gasteiger partial charge on any atom is -0.489 e. The van der Waals surface area contributed by atoms with Gasteiger partial charge in [-0.25, -0.2) is 4.39 Å². The highest BCUT2D eigenvalue weighted by atomic mass is 32.2. The van der Waals surface area contributed by atoms with Crippen LogP contribution in [-0.4, -0.2) is 23.4 Å². The minimum absolute atomic E-state index is 0.116. The molecule has 0 spiro atoms. The van der Waals surface area contributed by atoms with Gasteiger partial charge in [-0.15, -0.1) is 11.8 Å². The Balaban J connectivity index is 2.10. The van der Waals surface area contributed by atoms with Crippen molar-refractivity contribution in [1.82, 2.24) is 0 Å². The van der Waals surface area contributed by atoms with Crippen molar-refractivity contribution in [2.24, 2.45) is 0 Å². The lowest BCUT2D eigenvalue weighted by Crippen LogP contribution is -2.34. The SMILES string of the molecule is CSc1ccc(OCc2ccc(F)cc2B(O)O)cc1. The zero-order valence-corrected chi connectivity index (χ0v) is 11.7. The van der Waals surface area contributed by atoms with Crippen molar-refractivity contribution in [3.05, 3.63) is 53.8 Å². The first-order chi connectivity index (χ1) is 9.60. The maximum Gasteiger partial charge on any atom is 0.488 e. The molecule has 2 aromatic carbocycles. The molecule has 6 heteroatoms. The molecule has 0 aliphatic carbocycles. The number of thioether (sulfide) groups is 1. The van der Waals surface area contributed by atoms with Crippen LogP contribution in [0, 0.1) is 5.82 Å². The van der Waals surface area contributed by atoms with E-state index in [0.29, 0.717) is 11.3 Å². The van der Waals surface area contributed by atoms with Gasteiger partial charge in [0.25, 0.3) is 0 Å². The summed E-state index contributed by atoms with van der Waals surface area (Å²) in [6, 6.07) is 11.4. The highest BCUT2D eigenvalue weighted by Crippen LogP contribution is 2.19. The zero-order chi connectivity index (χ0) is 14.5. The van der Waals surface area contributed by atoms with Crippen LogP contribution in [0.4, 0.5) is 4.39 Å². The van der Waals surface area contributed by atoms with E-state index in [2.05, 4.69) is 0 Å². The lowest BCUT2D eigenvalue weighted by Gasteiger charge is -2.11. The van der Waals surface area contributed by atoms with Crippen molar-refractivity contribution in [3.8, 4) is 5.75 Å². The van der Waals surface area contributed by atoms with E-state index in [-0.39, 0.29) is 12.1 Å². The number of hydrogen-bond donors (Lipinski definition) is 2. The number of ether oxygens (including phenoxy) is 1. The van der Waals surface area contributed by atoms with Gasteiger partial charge >= 0.3 is 7.12 Å². The summed E-state index contributed by atoms with van der Waals surface area (Å²) in [6.07, 6.45) is 1.99. The average Bonchev–Trinajstić information content (AvgIpc) is 2.46. The normalized spacial score (nSPS) is 10.4. The highest BCUT2D eigenvalue weighted by Gasteiger charge is 2.17. The van der Waals surface area contributed by atoms with Gasteiger partial charge in [0.15, 0.2) is 0 Å². The van der Waals surface area contributed by atoms with Crippen LogP contribution in [0.25, 0.3) is 0 Å². The summed E-state index contributed by atoms with van der Waals surface area (Å²) in [5, 5.41) is 18.5. The molecule has 0 aromatic heterocycles. The van der Waals surface area contributed by atoms with E-state index in [1.807, 2.05) is 30.5 Å². The first-order valence-electron chi connectivity index (χ1n) is 6.01. The molecule has 0 amide bonds. The molecule has 0 saturated carbocycles. The van der Waals surface area contributed by atoms with E-state index in [1.54, 1.807) is 11.8 Å². The first kappa shape index (κ1) is 14.9. The predicted octanol–water partition coefficient (Wildman–Crippen LogP) is 1.81. The van der Waals surface area contributed by atoms with Gasteiger partial charge in [0.2, 0.25) is 0 Å². The molecule has 20 heavy (non-hydrogen) atoms. The Bertz CT molecular complexity index is 575. The van der Waals surface area contributed by atoms with Crippen molar-refractivity contribution >= 4 is 24.3 Å². The lowest BCUT2D eigenvalue weighted by molar-refractivity contribution is 0.306. The van der Waals surface area contributed by atoms with Gasteiger partial charge in [0, 0.05) is 4.90 Å². The molecule has 104 valence electrons. The predicted molar refractivity (Wildman–Crippen MR) is 78.8 cm³/mol. The molecule has 0 atom stereocenters. The second kappa shape index (κ2) is 6.79. The van der Waals surface area contributed by atoms with E-state index in [0.717, 1.165) is 11.0 Å². The third kappa shape index (κ3) is 3.76. The molecular formula is C14H14BFO3S. The molecule has 0 heterocycles. The second-order valence-corrected chi connectivity index (χ2v) is 5.06. The van der Waals surface area contributed by atoms with Gasteiger partial charge in [0.05, 0.1) is 0 Å². The van der Waals surface area contributed by atoms with E-state index < -0.39 is 12.9 Å². The quantitative estimate of drug-likeness (QED) is 0.652. The fraction of sp³-hybridized carbons (Fsp3) is 0.143. The number of halogens is 1. The molecule has 0 radical (unpaired) electrons. The third-order valence-corrected chi connectivity index (χ3v) is 3.58. The molecule has 2 aromatic rings. The molecule has 0 aliphatic heterocycles. The molecule has 0 fully saturated rings. The van der Waals surface area contributed by atoms with Crippen LogP contribution in [-0.2, 0) is 6.61 Å². The zero-order valence-electron chi connectivity index (χ0n) is 10.9. The van der Waals surface area contributed by atoms with Gasteiger partial charge in [-0.1, -0.05) is 6.07 Å². The van der Waals surface area contributed by atoms with E-state index in [4.69, 9.17) is 4.74 Å². The Morgan fingerprint density at radius 2 is 1.85 bits per heavy atom. The fourth-order valence-corrected chi connectivity index (χ4v) is 2.18. The first-order valence-corrected chi connectivity index (χ1v) is 7.24. The topological polar surface area (TPSA) is 49.7 Å². The summed E-state index contributed by atoms with van der Waals surface area (Å²) in [4.78, 5) is 1.13. The van der Waals surface area contributed by atoms with Crippen LogP contribution in [0.5, 0.6) is 5.75 Å². The average molecular weight is 292 g/mol. The third-order valence-electron chi connectivity index (χ3n) is 2.84. The second-order valence-electron chi connectivity index (χ2n) is 4.18. The molecule has 0 bridgehead atoms. The maximum absolute atomic E-state index is 13.1. The lowest BCUT2D eigenvalue weighted by atomic mass is 9.77. The van der Waals surface area contributed by atoms with E-state index in [9.17, 15) is 14.4 Å². The molecule has 2 N–H and O–H groups in total. The summed E-state index contributed by atoms with van der Waals surface area (Å²) in [5.74, 6) is 0.159. The van der Waals surface area contributed by atoms with Crippen molar-refractivity contribution < 1.29 is 19.2 Å². The monoisotopic (exact) mass is 292 g/mol. The summed E-state index contributed by atoms with van der Waals surface area (Å²) in [6.45, 7) is 0.145. The summed E-state index contributed by atoms with van der Waals surface area (Å²) in [7, 11) is -1.72. The van der Waals surface area contributed by atoms with Gasteiger partial charge < -0.3 is 14.8 Å². The van der Waals surface area contributed by atoms with Crippen LogP contribution < -0.4 is 10.2 Å². The summed E-state index contributed by atoms with van der Waals surface area (Å²) >= 11 is 1.64. The van der Waals surface area contributed by atoms with Crippen LogP contribution in [0.3, 0.4) is 0 Å². The Morgan fingerprint density at radius 1 is 1.15 bits per heavy atom. The van der Waals surface area contributed by atoms with Gasteiger partial charge in [0.1, 0.15) is 18.2 Å². The largest absolute Gasteiger partial charge is 0.489 e. The van der Waals surface area contributed by atoms with E-state index >= 15 is 0 Å². The van der Waals surface area contributed by atoms with Gasteiger partial charge in [-0.2, -0.15) is 0 Å². The molecule has 0 saturated heterocycles. The number of hydrogen-bond acceptors (Lipinski definition) is 4. The molecule has 0 aliphatic rings. The number of rotatable bonds is 5. The van der Waals surface area contributed by atoms with Crippen molar-refractivity contribution in [3.63, 3.8) is 0 Å². The Labute approximate surface area is 121 Å². The van der Waals surface area contributed by atoms with Gasteiger partial charge in [-0.05, 0) is 53.7 Å². The van der Waals surface area contributed by atoms with Crippen molar-refractivity contribution in [2.45, 2.75) is 11.5 Å². The van der Waals surface area contributed by atoms with Crippen LogP contribution in [0.15, 0.2) is 47.4 Å². The standard InChI is InChI=1S/C14H14BFO3S/c1-20-13-6-4-12(5-7-13)19-9-10-2-3-11(16)8-14(10)15(17)18/h2-8,17-18H,9H2,1H3. The summed E-state index contributed by atoms with van der Waals surface area (Å²) in [5.41, 5.74) is 0.654. The highest BCUT2D eigenvalue weighted by molar-refractivity contribution is 7.98. The summed E-state index contributed by atoms with van der Waals surface area (Å²) < 4.78 is 18.7. The number of benzene rings is 2. The van der Waals surface area contributed by atoms with Crippen molar-refractivity contribution in [2.75, 3.05) is 6.26 Å². The Hall–Kier alpha value is -1.50. The fourth-order valence-electron chi connectivity index (χ4n) is 1.77. The van der Waals surface area contributed by atoms with Crippen molar-refractivity contribution in [1.29, 1.82) is 0 Å². The Kier molecular flexibility index (Phi) is 5.06. The van der Waals surface area contributed by atoms with Crippen LogP contribution in [0.2, 0.25) is 0 Å². The molecule has 0 unspecified atom stereocenters. The molecular weight excluding hydrogens is 278 g/mol.